The lowest BCUT2D eigenvalue weighted by Gasteiger charge is -2.09. The number of hydrogen-bond donors (Lipinski definition) is 4. The average molecular weight is 503 g/mol. The van der Waals surface area contributed by atoms with E-state index in [4.69, 9.17) is 9.47 Å². The fourth-order valence-corrected chi connectivity index (χ4v) is 3.19. The van der Waals surface area contributed by atoms with Crippen LogP contribution in [-0.4, -0.2) is 58.2 Å². The zero-order valence-electron chi connectivity index (χ0n) is 21.1. The van der Waals surface area contributed by atoms with E-state index < -0.39 is 0 Å². The average Bonchev–Trinajstić information content (AvgIpc) is 2.90. The molecule has 2 aromatic rings. The van der Waals surface area contributed by atoms with E-state index in [0.29, 0.717) is 65.0 Å². The van der Waals surface area contributed by atoms with Crippen molar-refractivity contribution < 1.29 is 33.0 Å². The molecule has 0 spiro atoms. The maximum atomic E-state index is 11.9. The van der Waals surface area contributed by atoms with E-state index in [1.807, 2.05) is 58.2 Å². The van der Waals surface area contributed by atoms with Gasteiger partial charge in [-0.1, -0.05) is 0 Å². The predicted octanol–water partition coefficient (Wildman–Crippen LogP) is 0.0710. The van der Waals surface area contributed by atoms with Crippen LogP contribution in [0.1, 0.15) is 25.7 Å². The molecule has 0 aliphatic heterocycles. The lowest BCUT2D eigenvalue weighted by molar-refractivity contribution is -0.696. The first-order valence-corrected chi connectivity index (χ1v) is 12.1. The van der Waals surface area contributed by atoms with Gasteiger partial charge in [-0.2, -0.15) is 0 Å². The van der Waals surface area contributed by atoms with Crippen molar-refractivity contribution >= 4 is 17.8 Å². The first-order valence-electron chi connectivity index (χ1n) is 12.1. The minimum absolute atomic E-state index is 0.0348. The molecule has 0 bridgehead atoms. The number of aromatic nitrogens is 2. The number of carbonyl (C=O) groups excluding carboxylic acids is 3. The fraction of sp³-hybridized carbons (Fsp3) is 0.480. The summed E-state index contributed by atoms with van der Waals surface area (Å²) in [6.07, 6.45) is 9.49. The van der Waals surface area contributed by atoms with Crippen LogP contribution in [0, 0.1) is 0 Å². The van der Waals surface area contributed by atoms with Gasteiger partial charge in [0.1, 0.15) is 11.5 Å². The van der Waals surface area contributed by atoms with Crippen LogP contribution in [0.4, 0.5) is 4.79 Å². The number of aryl methyl sites for hydroxylation is 2. The molecule has 0 aliphatic carbocycles. The molecule has 4 N–H and O–H groups in total. The number of nitrogens with zero attached hydrogens (tertiary/aromatic N) is 2. The highest BCUT2D eigenvalue weighted by atomic mass is 16.5. The van der Waals surface area contributed by atoms with Crippen molar-refractivity contribution in [2.24, 2.45) is 0 Å². The van der Waals surface area contributed by atoms with E-state index in [2.05, 4.69) is 21.3 Å². The number of pyridine rings is 2. The third kappa shape index (κ3) is 12.0. The molecular weight excluding hydrogens is 464 g/mol. The van der Waals surface area contributed by atoms with Crippen LogP contribution in [0.2, 0.25) is 0 Å². The molecule has 36 heavy (non-hydrogen) atoms. The van der Waals surface area contributed by atoms with Crippen molar-refractivity contribution in [3.63, 3.8) is 0 Å². The molecule has 196 valence electrons. The predicted molar refractivity (Wildman–Crippen MR) is 132 cm³/mol. The molecule has 0 aliphatic rings. The molecule has 2 aromatic heterocycles. The zero-order valence-corrected chi connectivity index (χ0v) is 21.1. The number of rotatable bonds is 16. The molecule has 0 unspecified atom stereocenters. The van der Waals surface area contributed by atoms with Gasteiger partial charge in [-0.05, 0) is 12.8 Å². The quantitative estimate of drug-likeness (QED) is 0.191. The van der Waals surface area contributed by atoms with Gasteiger partial charge in [0.25, 0.3) is 0 Å². The van der Waals surface area contributed by atoms with E-state index in [-0.39, 0.29) is 17.8 Å². The first kappa shape index (κ1) is 28.3. The second kappa shape index (κ2) is 16.7. The van der Waals surface area contributed by atoms with Crippen molar-refractivity contribution in [2.45, 2.75) is 38.8 Å². The van der Waals surface area contributed by atoms with Crippen LogP contribution in [0.5, 0.6) is 11.5 Å². The Hall–Kier alpha value is -3.89. The highest BCUT2D eigenvalue weighted by molar-refractivity contribution is 5.76. The maximum Gasteiger partial charge on any atom is 0.314 e. The van der Waals surface area contributed by atoms with E-state index >= 15 is 0 Å². The van der Waals surface area contributed by atoms with Crippen molar-refractivity contribution in [1.29, 1.82) is 0 Å². The third-order valence-corrected chi connectivity index (χ3v) is 5.31. The van der Waals surface area contributed by atoms with Crippen LogP contribution in [0.3, 0.4) is 0 Å². The Balaban J connectivity index is 1.41. The SMILES string of the molecule is COc1cc[n+](CCC(=O)NCCCNC(=O)NCCCNC(=O)CC[n+]2ccc(OC)cc2)cc1. The monoisotopic (exact) mass is 502 g/mol. The number of methoxy groups -OCH3 is 2. The molecule has 4 amide bonds. The van der Waals surface area contributed by atoms with Crippen LogP contribution in [-0.2, 0) is 22.7 Å². The minimum atomic E-state index is -0.264. The Morgan fingerprint density at radius 2 is 1.00 bits per heavy atom. The van der Waals surface area contributed by atoms with Gasteiger partial charge in [-0.15, -0.1) is 0 Å². The van der Waals surface area contributed by atoms with Gasteiger partial charge in [-0.3, -0.25) is 9.59 Å². The lowest BCUT2D eigenvalue weighted by atomic mass is 10.3. The molecule has 2 heterocycles. The molecular formula is C25H38N6O5+2. The van der Waals surface area contributed by atoms with E-state index in [1.54, 1.807) is 14.2 Å². The summed E-state index contributed by atoms with van der Waals surface area (Å²) in [5.41, 5.74) is 0. The van der Waals surface area contributed by atoms with E-state index in [1.165, 1.54) is 0 Å². The Bertz CT molecular complexity index is 861. The second-order valence-corrected chi connectivity index (χ2v) is 8.04. The van der Waals surface area contributed by atoms with Gasteiger partial charge in [0.2, 0.25) is 11.8 Å². The van der Waals surface area contributed by atoms with Crippen molar-refractivity contribution in [1.82, 2.24) is 21.3 Å². The minimum Gasteiger partial charge on any atom is -0.496 e. The van der Waals surface area contributed by atoms with E-state index in [0.717, 1.165) is 11.5 Å². The lowest BCUT2D eigenvalue weighted by Crippen LogP contribution is -2.39. The Morgan fingerprint density at radius 3 is 1.36 bits per heavy atom. The summed E-state index contributed by atoms with van der Waals surface area (Å²) in [6.45, 7) is 3.07. The molecule has 0 atom stereocenters. The van der Waals surface area contributed by atoms with Gasteiger partial charge in [0, 0.05) is 50.4 Å². The second-order valence-electron chi connectivity index (χ2n) is 8.04. The molecule has 11 nitrogen and oxygen atoms in total. The van der Waals surface area contributed by atoms with Gasteiger partial charge >= 0.3 is 6.03 Å². The molecule has 0 saturated heterocycles. The highest BCUT2D eigenvalue weighted by Crippen LogP contribution is 2.04. The number of carbonyl (C=O) groups is 3. The summed E-state index contributed by atoms with van der Waals surface area (Å²) in [4.78, 5) is 35.7. The van der Waals surface area contributed by atoms with Gasteiger partial charge in [-0.25, -0.2) is 13.9 Å². The molecule has 2 rings (SSSR count). The molecule has 0 aromatic carbocycles. The van der Waals surface area contributed by atoms with E-state index in [9.17, 15) is 14.4 Å². The summed E-state index contributed by atoms with van der Waals surface area (Å²) in [7, 11) is 3.22. The smallest absolute Gasteiger partial charge is 0.314 e. The molecule has 11 heteroatoms. The van der Waals surface area contributed by atoms with Crippen LogP contribution >= 0.6 is 0 Å². The summed E-state index contributed by atoms with van der Waals surface area (Å²) in [5, 5.41) is 11.2. The molecule has 0 radical (unpaired) electrons. The number of hydrogen-bond acceptors (Lipinski definition) is 5. The number of nitrogens with one attached hydrogen (secondary N) is 4. The standard InChI is InChI=1S/C25H36N6O5/c1-35-21-5-15-30(16-6-21)19-9-23(32)26-11-3-13-28-25(34)29-14-4-12-27-24(33)10-20-31-17-7-22(36-2)8-18-31/h5-8,15-18H,3-4,9-14,19-20H2,1-2H3,(H2-2,26,27,28,29,32,33,34)/p+2. The van der Waals surface area contributed by atoms with Gasteiger partial charge in [0.15, 0.2) is 37.9 Å². The number of urea groups is 1. The van der Waals surface area contributed by atoms with Gasteiger partial charge in [0.05, 0.1) is 27.1 Å². The maximum absolute atomic E-state index is 11.9. The van der Waals surface area contributed by atoms with Crippen LogP contribution in [0.15, 0.2) is 49.1 Å². The first-order chi connectivity index (χ1) is 17.5. The third-order valence-electron chi connectivity index (χ3n) is 5.31. The summed E-state index contributed by atoms with van der Waals surface area (Å²) in [5.74, 6) is 1.48. The van der Waals surface area contributed by atoms with Crippen LogP contribution < -0.4 is 39.9 Å². The number of ether oxygens (including phenoxy) is 2. The largest absolute Gasteiger partial charge is 0.496 e. The van der Waals surface area contributed by atoms with Crippen LogP contribution in [0.25, 0.3) is 0 Å². The Labute approximate surface area is 212 Å². The summed E-state index contributed by atoms with van der Waals surface area (Å²) in [6, 6.07) is 7.11. The van der Waals surface area contributed by atoms with Crippen molar-refractivity contribution in [2.75, 3.05) is 40.4 Å². The zero-order chi connectivity index (χ0) is 26.0. The van der Waals surface area contributed by atoms with Crippen molar-refractivity contribution in [3.8, 4) is 11.5 Å². The molecule has 0 fully saturated rings. The summed E-state index contributed by atoms with van der Waals surface area (Å²) < 4.78 is 14.1. The molecule has 0 saturated carbocycles. The Kier molecular flexibility index (Phi) is 13.1. The Morgan fingerprint density at radius 1 is 0.639 bits per heavy atom. The van der Waals surface area contributed by atoms with Gasteiger partial charge < -0.3 is 30.7 Å². The summed E-state index contributed by atoms with van der Waals surface area (Å²) >= 11 is 0. The normalized spacial score (nSPS) is 10.3. The fourth-order valence-electron chi connectivity index (χ4n) is 3.19. The topological polar surface area (TPSA) is 126 Å². The highest BCUT2D eigenvalue weighted by Gasteiger charge is 2.08. The number of amides is 4. The van der Waals surface area contributed by atoms with Crippen molar-refractivity contribution in [3.05, 3.63) is 49.1 Å².